The van der Waals surface area contributed by atoms with Gasteiger partial charge in [-0.05, 0) is 49.1 Å². The van der Waals surface area contributed by atoms with Crippen LogP contribution in [0.5, 0.6) is 11.5 Å². The van der Waals surface area contributed by atoms with Crippen molar-refractivity contribution in [2.75, 3.05) is 20.8 Å². The molecule has 0 aliphatic carbocycles. The zero-order valence-electron chi connectivity index (χ0n) is 16.8. The predicted molar refractivity (Wildman–Crippen MR) is 113 cm³/mol. The van der Waals surface area contributed by atoms with E-state index in [0.29, 0.717) is 16.4 Å². The normalized spacial score (nSPS) is 11.7. The summed E-state index contributed by atoms with van der Waals surface area (Å²) >= 11 is 1.37. The molecule has 1 atom stereocenters. The minimum absolute atomic E-state index is 0.350. The molecule has 0 saturated heterocycles. The molecule has 0 aliphatic rings. The summed E-state index contributed by atoms with van der Waals surface area (Å²) in [6.45, 7) is 3.35. The van der Waals surface area contributed by atoms with Gasteiger partial charge in [-0.15, -0.1) is 11.3 Å². The van der Waals surface area contributed by atoms with Crippen LogP contribution in [0.3, 0.4) is 0 Å². The molecule has 0 fully saturated rings. The van der Waals surface area contributed by atoms with Gasteiger partial charge in [0.2, 0.25) is 0 Å². The monoisotopic (exact) mass is 413 g/mol. The summed E-state index contributed by atoms with van der Waals surface area (Å²) in [5.74, 6) is 0.407. The highest BCUT2D eigenvalue weighted by Gasteiger charge is 2.19. The molecule has 1 heterocycles. The number of thiophene rings is 1. The molecule has 6 nitrogen and oxygen atoms in total. The van der Waals surface area contributed by atoms with Crippen LogP contribution < -0.4 is 14.8 Å². The van der Waals surface area contributed by atoms with Crippen LogP contribution in [0.15, 0.2) is 42.5 Å². The van der Waals surface area contributed by atoms with Crippen LogP contribution in [0.4, 0.5) is 0 Å². The first-order chi connectivity index (χ1) is 13.9. The Balaban J connectivity index is 1.63. The van der Waals surface area contributed by atoms with E-state index in [2.05, 4.69) is 5.32 Å². The highest BCUT2D eigenvalue weighted by atomic mass is 32.1. The number of nitrogens with one attached hydrogen (secondary N) is 1. The molecule has 1 N–H and O–H groups in total. The Morgan fingerprint density at radius 2 is 1.86 bits per heavy atom. The summed E-state index contributed by atoms with van der Waals surface area (Å²) in [5.41, 5.74) is 1.64. The quantitative estimate of drug-likeness (QED) is 0.586. The lowest BCUT2D eigenvalue weighted by atomic mass is 10.1. The Morgan fingerprint density at radius 1 is 1.10 bits per heavy atom. The number of methoxy groups -OCH3 is 2. The first-order valence-corrected chi connectivity index (χ1v) is 9.92. The molecule has 0 unspecified atom stereocenters. The van der Waals surface area contributed by atoms with Gasteiger partial charge < -0.3 is 19.5 Å². The van der Waals surface area contributed by atoms with Crippen molar-refractivity contribution < 1.29 is 23.8 Å². The average Bonchev–Trinajstić information content (AvgIpc) is 3.08. The zero-order chi connectivity index (χ0) is 21.0. The van der Waals surface area contributed by atoms with Gasteiger partial charge >= 0.3 is 5.97 Å². The van der Waals surface area contributed by atoms with Gasteiger partial charge in [0.05, 0.1) is 20.3 Å². The number of fused-ring (bicyclic) bond motifs is 1. The Bertz CT molecular complexity index is 1040. The van der Waals surface area contributed by atoms with Crippen LogP contribution >= 0.6 is 11.3 Å². The first kappa shape index (κ1) is 20.7. The van der Waals surface area contributed by atoms with Crippen molar-refractivity contribution in [3.05, 3.63) is 58.5 Å². The maximum atomic E-state index is 12.5. The molecule has 1 amide bonds. The van der Waals surface area contributed by atoms with Crippen LogP contribution in [-0.4, -0.2) is 32.7 Å². The number of carbonyl (C=O) groups excluding carboxylic acids is 2. The minimum Gasteiger partial charge on any atom is -0.497 e. The third-order valence-corrected chi connectivity index (χ3v) is 5.90. The van der Waals surface area contributed by atoms with Gasteiger partial charge in [0.25, 0.3) is 5.91 Å². The van der Waals surface area contributed by atoms with E-state index in [1.165, 1.54) is 11.3 Å². The van der Waals surface area contributed by atoms with E-state index in [4.69, 9.17) is 14.2 Å². The van der Waals surface area contributed by atoms with Gasteiger partial charge in [0.15, 0.2) is 6.61 Å². The summed E-state index contributed by atoms with van der Waals surface area (Å²) < 4.78 is 16.8. The number of carbonyl (C=O) groups is 2. The maximum absolute atomic E-state index is 12.5. The van der Waals surface area contributed by atoms with E-state index in [1.807, 2.05) is 38.1 Å². The largest absolute Gasteiger partial charge is 0.497 e. The molecule has 29 heavy (non-hydrogen) atoms. The van der Waals surface area contributed by atoms with E-state index in [9.17, 15) is 9.59 Å². The molecule has 152 valence electrons. The Kier molecular flexibility index (Phi) is 6.39. The zero-order valence-corrected chi connectivity index (χ0v) is 17.6. The Morgan fingerprint density at radius 3 is 2.55 bits per heavy atom. The predicted octanol–water partition coefficient (Wildman–Crippen LogP) is 4.26. The van der Waals surface area contributed by atoms with Gasteiger partial charge in [-0.1, -0.05) is 18.2 Å². The number of amides is 1. The van der Waals surface area contributed by atoms with Gasteiger partial charge in [0, 0.05) is 10.3 Å². The third kappa shape index (κ3) is 4.51. The lowest BCUT2D eigenvalue weighted by Crippen LogP contribution is -2.31. The number of ether oxygens (including phenoxy) is 3. The standard InChI is InChI=1S/C22H23NO5S/c1-13-16-7-5-6-8-19(16)29-21(13)22(25)28-12-20(24)23-14(2)17-11-15(26-3)9-10-18(17)27-4/h5-11,14H,12H2,1-4H3,(H,23,24)/t14-/m0/s1. The number of benzene rings is 2. The molecule has 7 heteroatoms. The van der Waals surface area contributed by atoms with Crippen molar-refractivity contribution in [1.29, 1.82) is 0 Å². The third-order valence-electron chi connectivity index (χ3n) is 4.64. The number of hydrogen-bond donors (Lipinski definition) is 1. The molecule has 0 saturated carbocycles. The van der Waals surface area contributed by atoms with Gasteiger partial charge in [-0.2, -0.15) is 0 Å². The van der Waals surface area contributed by atoms with E-state index in [0.717, 1.165) is 21.2 Å². The Labute approximate surface area is 173 Å². The lowest BCUT2D eigenvalue weighted by molar-refractivity contribution is -0.124. The van der Waals surface area contributed by atoms with E-state index >= 15 is 0 Å². The highest BCUT2D eigenvalue weighted by Crippen LogP contribution is 2.31. The van der Waals surface area contributed by atoms with Crippen LogP contribution in [-0.2, 0) is 9.53 Å². The second-order valence-corrected chi connectivity index (χ2v) is 7.58. The van der Waals surface area contributed by atoms with Crippen molar-refractivity contribution in [3.63, 3.8) is 0 Å². The SMILES string of the molecule is COc1ccc(OC)c([C@H](C)NC(=O)COC(=O)c2sc3ccccc3c2C)c1. The van der Waals surface area contributed by atoms with Crippen molar-refractivity contribution in [2.24, 2.45) is 0 Å². The molecular formula is C22H23NO5S. The first-order valence-electron chi connectivity index (χ1n) is 9.11. The molecule has 2 aromatic carbocycles. The smallest absolute Gasteiger partial charge is 0.349 e. The van der Waals surface area contributed by atoms with Crippen molar-refractivity contribution in [3.8, 4) is 11.5 Å². The summed E-state index contributed by atoms with van der Waals surface area (Å²) in [4.78, 5) is 25.3. The summed E-state index contributed by atoms with van der Waals surface area (Å²) in [6, 6.07) is 12.8. The summed E-state index contributed by atoms with van der Waals surface area (Å²) in [6.07, 6.45) is 0. The molecule has 0 bridgehead atoms. The van der Waals surface area contributed by atoms with Crippen LogP contribution in [0.1, 0.15) is 33.8 Å². The molecular weight excluding hydrogens is 390 g/mol. The van der Waals surface area contributed by atoms with Crippen LogP contribution in [0, 0.1) is 6.92 Å². The summed E-state index contributed by atoms with van der Waals surface area (Å²) in [5, 5.41) is 3.84. The van der Waals surface area contributed by atoms with Gasteiger partial charge in [-0.3, -0.25) is 4.79 Å². The summed E-state index contributed by atoms with van der Waals surface area (Å²) in [7, 11) is 3.14. The van der Waals surface area contributed by atoms with Crippen molar-refractivity contribution in [2.45, 2.75) is 19.9 Å². The fourth-order valence-electron chi connectivity index (χ4n) is 3.10. The number of esters is 1. The van der Waals surface area contributed by atoms with E-state index in [-0.39, 0.29) is 12.6 Å². The fourth-order valence-corrected chi connectivity index (χ4v) is 4.21. The molecule has 0 aliphatic heterocycles. The number of aryl methyl sites for hydroxylation is 1. The van der Waals surface area contributed by atoms with Crippen LogP contribution in [0.2, 0.25) is 0 Å². The second-order valence-electron chi connectivity index (χ2n) is 6.53. The molecule has 1 aromatic heterocycles. The fraction of sp³-hybridized carbons (Fsp3) is 0.273. The molecule has 3 rings (SSSR count). The lowest BCUT2D eigenvalue weighted by Gasteiger charge is -2.18. The topological polar surface area (TPSA) is 73.9 Å². The number of rotatable bonds is 7. The van der Waals surface area contributed by atoms with Gasteiger partial charge in [0.1, 0.15) is 16.4 Å². The average molecular weight is 413 g/mol. The highest BCUT2D eigenvalue weighted by molar-refractivity contribution is 7.21. The number of hydrogen-bond acceptors (Lipinski definition) is 6. The minimum atomic E-state index is -0.495. The Hall–Kier alpha value is -3.06. The molecule has 0 spiro atoms. The van der Waals surface area contributed by atoms with E-state index < -0.39 is 11.9 Å². The molecule has 0 radical (unpaired) electrons. The van der Waals surface area contributed by atoms with Crippen molar-refractivity contribution in [1.82, 2.24) is 5.32 Å². The van der Waals surface area contributed by atoms with E-state index in [1.54, 1.807) is 32.4 Å². The van der Waals surface area contributed by atoms with Crippen molar-refractivity contribution >= 4 is 33.3 Å². The van der Waals surface area contributed by atoms with Gasteiger partial charge in [-0.25, -0.2) is 4.79 Å². The maximum Gasteiger partial charge on any atom is 0.349 e. The molecule has 3 aromatic rings. The second kappa shape index (κ2) is 8.96. The van der Waals surface area contributed by atoms with Crippen LogP contribution in [0.25, 0.3) is 10.1 Å².